The van der Waals surface area contributed by atoms with Gasteiger partial charge in [0.05, 0.1) is 21.7 Å². The van der Waals surface area contributed by atoms with E-state index in [2.05, 4.69) is 15.5 Å². The van der Waals surface area contributed by atoms with Crippen molar-refractivity contribution in [2.24, 2.45) is 10.1 Å². The molecule has 0 bridgehead atoms. The molecule has 0 aliphatic carbocycles. The van der Waals surface area contributed by atoms with E-state index < -0.39 is 36.0 Å². The second-order valence-electron chi connectivity index (χ2n) is 11.1. The molecule has 0 unspecified atom stereocenters. The number of benzene rings is 5. The number of hydrogen-bond acceptors (Lipinski definition) is 13. The molecule has 0 heterocycles. The Morgan fingerprint density at radius 3 is 1.51 bits per heavy atom. The summed E-state index contributed by atoms with van der Waals surface area (Å²) in [6.07, 6.45) is 2.85. The first kappa shape index (κ1) is 37.5. The van der Waals surface area contributed by atoms with Crippen LogP contribution < -0.4 is 13.8 Å². The molecule has 18 heteroatoms. The van der Waals surface area contributed by atoms with Crippen molar-refractivity contribution in [2.45, 2.75) is 23.6 Å². The fourth-order valence-corrected chi connectivity index (χ4v) is 6.43. The van der Waals surface area contributed by atoms with Crippen LogP contribution >= 0.6 is 0 Å². The molecule has 0 saturated carbocycles. The standard InChI is InChI=1S/C35H27N5O11S2/c1-23-3-17-31(19-33(23)39(42)43)52(46,47)50-29-13-5-25(6-14-29)21-36-28-11-9-27(10-12-28)35(41)38-37-22-26-7-15-30(16-8-26)51-53(48,49)32-18-4-24(2)34(20-32)40(44)45/h3-22H,1-2H3,(H,38,41)/b36-21?,37-22+. The topological polar surface area (TPSA) is 227 Å². The van der Waals surface area contributed by atoms with E-state index in [1.807, 2.05) is 0 Å². The largest absolute Gasteiger partial charge is 0.379 e. The minimum Gasteiger partial charge on any atom is -0.379 e. The van der Waals surface area contributed by atoms with Crippen molar-refractivity contribution in [3.05, 3.63) is 157 Å². The summed E-state index contributed by atoms with van der Waals surface area (Å²) in [5, 5.41) is 26.3. The van der Waals surface area contributed by atoms with Gasteiger partial charge in [0.2, 0.25) is 0 Å². The molecule has 0 fully saturated rings. The molecule has 5 aromatic carbocycles. The van der Waals surface area contributed by atoms with E-state index in [9.17, 15) is 41.9 Å². The average molecular weight is 758 g/mol. The van der Waals surface area contributed by atoms with Gasteiger partial charge in [0, 0.05) is 35.0 Å². The van der Waals surface area contributed by atoms with Gasteiger partial charge in [-0.3, -0.25) is 30.0 Å². The molecule has 0 radical (unpaired) electrons. The summed E-state index contributed by atoms with van der Waals surface area (Å²) in [5.41, 5.74) is 4.22. The minimum atomic E-state index is -4.34. The number of nitro benzene ring substituents is 2. The van der Waals surface area contributed by atoms with E-state index in [1.54, 1.807) is 24.3 Å². The van der Waals surface area contributed by atoms with Crippen LogP contribution in [0.2, 0.25) is 0 Å². The van der Waals surface area contributed by atoms with E-state index in [-0.39, 0.29) is 38.2 Å². The average Bonchev–Trinajstić information content (AvgIpc) is 3.12. The Kier molecular flexibility index (Phi) is 11.0. The lowest BCUT2D eigenvalue weighted by molar-refractivity contribution is -0.385. The van der Waals surface area contributed by atoms with Gasteiger partial charge in [-0.25, -0.2) is 5.43 Å². The zero-order chi connectivity index (χ0) is 38.3. The summed E-state index contributed by atoms with van der Waals surface area (Å²) in [7, 11) is -8.66. The first-order valence-electron chi connectivity index (χ1n) is 15.2. The molecule has 270 valence electrons. The molecule has 0 atom stereocenters. The molecule has 53 heavy (non-hydrogen) atoms. The number of hydrogen-bond donors (Lipinski definition) is 1. The first-order valence-corrected chi connectivity index (χ1v) is 18.0. The zero-order valence-electron chi connectivity index (χ0n) is 27.6. The van der Waals surface area contributed by atoms with Crippen LogP contribution in [0.25, 0.3) is 0 Å². The van der Waals surface area contributed by atoms with Gasteiger partial charge in [-0.1, -0.05) is 12.1 Å². The van der Waals surface area contributed by atoms with Crippen molar-refractivity contribution < 1.29 is 39.8 Å². The van der Waals surface area contributed by atoms with Gasteiger partial charge in [0.1, 0.15) is 21.3 Å². The van der Waals surface area contributed by atoms with Crippen LogP contribution in [0.4, 0.5) is 17.1 Å². The van der Waals surface area contributed by atoms with Crippen LogP contribution in [0.5, 0.6) is 11.5 Å². The number of aryl methyl sites for hydroxylation is 2. The van der Waals surface area contributed by atoms with Crippen molar-refractivity contribution >= 4 is 55.6 Å². The Labute approximate surface area is 302 Å². The lowest BCUT2D eigenvalue weighted by Gasteiger charge is -2.08. The number of nitrogens with zero attached hydrogens (tertiary/aromatic N) is 4. The monoisotopic (exact) mass is 757 g/mol. The van der Waals surface area contributed by atoms with Gasteiger partial charge in [-0.15, -0.1) is 0 Å². The highest BCUT2D eigenvalue weighted by molar-refractivity contribution is 7.87. The summed E-state index contributed by atoms with van der Waals surface area (Å²) in [6, 6.07) is 24.9. The van der Waals surface area contributed by atoms with Crippen molar-refractivity contribution in [3.8, 4) is 11.5 Å². The Morgan fingerprint density at radius 2 is 1.08 bits per heavy atom. The quantitative estimate of drug-likeness (QED) is 0.0618. The van der Waals surface area contributed by atoms with Gasteiger partial charge in [-0.05, 0) is 110 Å². The molecule has 16 nitrogen and oxygen atoms in total. The predicted octanol–water partition coefficient (Wildman–Crippen LogP) is 6.17. The highest BCUT2D eigenvalue weighted by atomic mass is 32.2. The second kappa shape index (κ2) is 15.6. The minimum absolute atomic E-state index is 0.00426. The fraction of sp³-hybridized carbons (Fsp3) is 0.0571. The van der Waals surface area contributed by atoms with Gasteiger partial charge in [0.15, 0.2) is 0 Å². The van der Waals surface area contributed by atoms with Crippen molar-refractivity contribution in [3.63, 3.8) is 0 Å². The predicted molar refractivity (Wildman–Crippen MR) is 193 cm³/mol. The molecule has 0 aliphatic heterocycles. The normalized spacial score (nSPS) is 11.7. The van der Waals surface area contributed by atoms with E-state index in [0.29, 0.717) is 27.9 Å². The van der Waals surface area contributed by atoms with Crippen LogP contribution in [0, 0.1) is 34.1 Å². The number of hydrazone groups is 1. The number of amides is 1. The molecule has 1 amide bonds. The highest BCUT2D eigenvalue weighted by Crippen LogP contribution is 2.27. The first-order chi connectivity index (χ1) is 25.1. The smallest absolute Gasteiger partial charge is 0.339 e. The van der Waals surface area contributed by atoms with E-state index in [0.717, 1.165) is 12.1 Å². The third kappa shape index (κ3) is 9.51. The molecule has 5 aromatic rings. The summed E-state index contributed by atoms with van der Waals surface area (Å²) in [5.74, 6) is -0.555. The maximum Gasteiger partial charge on any atom is 0.339 e. The molecule has 0 saturated heterocycles. The van der Waals surface area contributed by atoms with Gasteiger partial charge < -0.3 is 8.37 Å². The molecule has 0 spiro atoms. The zero-order valence-corrected chi connectivity index (χ0v) is 29.3. The van der Waals surface area contributed by atoms with E-state index in [1.165, 1.54) is 99.1 Å². The Balaban J connectivity index is 1.13. The van der Waals surface area contributed by atoms with Crippen molar-refractivity contribution in [2.75, 3.05) is 0 Å². The van der Waals surface area contributed by atoms with Crippen LogP contribution in [0.1, 0.15) is 32.6 Å². The molecule has 5 rings (SSSR count). The highest BCUT2D eigenvalue weighted by Gasteiger charge is 2.23. The number of carbonyl (C=O) groups excluding carboxylic acids is 1. The summed E-state index contributed by atoms with van der Waals surface area (Å²) in [6.45, 7) is 2.99. The summed E-state index contributed by atoms with van der Waals surface area (Å²) < 4.78 is 60.8. The van der Waals surface area contributed by atoms with Gasteiger partial charge >= 0.3 is 20.2 Å². The number of rotatable bonds is 13. The lowest BCUT2D eigenvalue weighted by atomic mass is 10.2. The maximum absolute atomic E-state index is 12.7. The van der Waals surface area contributed by atoms with Crippen LogP contribution in [0.3, 0.4) is 0 Å². The van der Waals surface area contributed by atoms with E-state index >= 15 is 0 Å². The third-order valence-electron chi connectivity index (χ3n) is 7.38. The fourth-order valence-electron chi connectivity index (χ4n) is 4.53. The van der Waals surface area contributed by atoms with Crippen molar-refractivity contribution in [1.29, 1.82) is 0 Å². The number of nitrogens with one attached hydrogen (secondary N) is 1. The number of carbonyl (C=O) groups is 1. The van der Waals surface area contributed by atoms with Gasteiger partial charge in [0.25, 0.3) is 17.3 Å². The third-order valence-corrected chi connectivity index (χ3v) is 9.86. The Bertz CT molecular complexity index is 2490. The molecular weight excluding hydrogens is 731 g/mol. The SMILES string of the molecule is Cc1ccc(S(=O)(=O)Oc2ccc(C=Nc3ccc(C(=O)N/N=C/c4ccc(OS(=O)(=O)c5ccc(C)c([N+](=O)[O-])c5)cc4)cc3)cc2)cc1[N+](=O)[O-]. The van der Waals surface area contributed by atoms with Crippen molar-refractivity contribution in [1.82, 2.24) is 5.43 Å². The van der Waals surface area contributed by atoms with E-state index in [4.69, 9.17) is 8.37 Å². The molecule has 0 aliphatic rings. The summed E-state index contributed by atoms with van der Waals surface area (Å²) in [4.78, 5) is 37.2. The van der Waals surface area contributed by atoms with Crippen LogP contribution in [0.15, 0.2) is 129 Å². The lowest BCUT2D eigenvalue weighted by Crippen LogP contribution is -2.17. The van der Waals surface area contributed by atoms with Crippen LogP contribution in [-0.4, -0.2) is 45.0 Å². The Hall–Kier alpha value is -6.79. The summed E-state index contributed by atoms with van der Waals surface area (Å²) >= 11 is 0. The number of nitro groups is 2. The maximum atomic E-state index is 12.7. The Morgan fingerprint density at radius 1 is 0.642 bits per heavy atom. The molecular formula is C35H27N5O11S2. The molecule has 0 aromatic heterocycles. The number of aliphatic imine (C=N–C) groups is 1. The van der Waals surface area contributed by atoms with Crippen LogP contribution in [-0.2, 0) is 20.2 Å². The second-order valence-corrected chi connectivity index (χ2v) is 14.2. The van der Waals surface area contributed by atoms with Gasteiger partial charge in [-0.2, -0.15) is 21.9 Å². The molecule has 1 N–H and O–H groups in total.